The molecule has 0 amide bonds. The standard InChI is InChI=1S/C14H13BrN6/c1-8-6-21(20-19-8)7-13-17-12-5-16-11-3-2-9(15)4-10(11)14(12)18-13/h2-6,19-20H,7H2,1H3,(H,17,18). The van der Waals surface area contributed by atoms with E-state index in [2.05, 4.69) is 42.9 Å². The minimum atomic E-state index is 0.647. The van der Waals surface area contributed by atoms with Crippen molar-refractivity contribution in [1.29, 1.82) is 0 Å². The first-order chi connectivity index (χ1) is 10.2. The Bertz CT molecular complexity index is 868. The van der Waals surface area contributed by atoms with Crippen LogP contribution in [-0.4, -0.2) is 20.0 Å². The molecule has 2 aromatic heterocycles. The molecule has 7 heteroatoms. The number of aromatic nitrogens is 3. The third-order valence-corrected chi connectivity index (χ3v) is 3.89. The summed E-state index contributed by atoms with van der Waals surface area (Å²) in [5.41, 5.74) is 10.0. The maximum atomic E-state index is 4.72. The van der Waals surface area contributed by atoms with Gasteiger partial charge in [-0.2, -0.15) is 0 Å². The zero-order chi connectivity index (χ0) is 14.4. The molecule has 106 valence electrons. The molecule has 0 bridgehead atoms. The lowest BCUT2D eigenvalue weighted by atomic mass is 10.2. The van der Waals surface area contributed by atoms with E-state index in [0.29, 0.717) is 6.54 Å². The SMILES string of the molecule is CC1=CN(Cc2nc3c(cnc4ccc(Br)cc43)[nH]2)NN1. The fraction of sp³-hybridized carbons (Fsp3) is 0.143. The number of imidazole rings is 1. The number of allylic oxidation sites excluding steroid dienone is 1. The first-order valence-corrected chi connectivity index (χ1v) is 7.38. The number of hydrazine groups is 2. The van der Waals surface area contributed by atoms with Crippen molar-refractivity contribution in [2.45, 2.75) is 13.5 Å². The maximum Gasteiger partial charge on any atom is 0.128 e. The Morgan fingerprint density at radius 2 is 2.24 bits per heavy atom. The van der Waals surface area contributed by atoms with Crippen LogP contribution in [0.4, 0.5) is 0 Å². The van der Waals surface area contributed by atoms with E-state index in [1.807, 2.05) is 36.5 Å². The molecular weight excluding hydrogens is 332 g/mol. The third-order valence-electron chi connectivity index (χ3n) is 3.39. The highest BCUT2D eigenvalue weighted by atomic mass is 79.9. The summed E-state index contributed by atoms with van der Waals surface area (Å²) in [5, 5.41) is 2.99. The minimum absolute atomic E-state index is 0.647. The number of rotatable bonds is 2. The van der Waals surface area contributed by atoms with E-state index in [1.54, 1.807) is 0 Å². The van der Waals surface area contributed by atoms with E-state index in [0.717, 1.165) is 37.9 Å². The van der Waals surface area contributed by atoms with Crippen LogP contribution in [0.2, 0.25) is 0 Å². The van der Waals surface area contributed by atoms with Crippen LogP contribution in [0.3, 0.4) is 0 Å². The summed E-state index contributed by atoms with van der Waals surface area (Å²) in [6, 6.07) is 6.03. The molecule has 3 aromatic rings. The van der Waals surface area contributed by atoms with E-state index in [1.165, 1.54) is 0 Å². The van der Waals surface area contributed by atoms with E-state index < -0.39 is 0 Å². The van der Waals surface area contributed by atoms with Crippen molar-refractivity contribution in [1.82, 2.24) is 30.9 Å². The van der Waals surface area contributed by atoms with Gasteiger partial charge in [0.2, 0.25) is 0 Å². The lowest BCUT2D eigenvalue weighted by Crippen LogP contribution is -2.35. The maximum absolute atomic E-state index is 4.72. The normalized spacial score (nSPS) is 14.8. The molecule has 0 fully saturated rings. The molecule has 0 radical (unpaired) electrons. The second kappa shape index (κ2) is 4.71. The van der Waals surface area contributed by atoms with Crippen LogP contribution >= 0.6 is 15.9 Å². The Kier molecular flexibility index (Phi) is 2.83. The van der Waals surface area contributed by atoms with Crippen molar-refractivity contribution < 1.29 is 0 Å². The number of nitrogens with zero attached hydrogens (tertiary/aromatic N) is 3. The van der Waals surface area contributed by atoms with Gasteiger partial charge in [0, 0.05) is 21.8 Å². The summed E-state index contributed by atoms with van der Waals surface area (Å²) in [6.45, 7) is 2.65. The lowest BCUT2D eigenvalue weighted by Gasteiger charge is -2.12. The highest BCUT2D eigenvalue weighted by Crippen LogP contribution is 2.25. The minimum Gasteiger partial charge on any atom is -0.339 e. The Hall–Kier alpha value is -2.12. The van der Waals surface area contributed by atoms with Crippen LogP contribution in [-0.2, 0) is 6.54 Å². The van der Waals surface area contributed by atoms with Crippen LogP contribution < -0.4 is 11.0 Å². The Balaban J connectivity index is 1.78. The number of aromatic amines is 1. The number of H-pyrrole nitrogens is 1. The quantitative estimate of drug-likeness (QED) is 0.666. The van der Waals surface area contributed by atoms with Gasteiger partial charge in [-0.05, 0) is 25.1 Å². The smallest absolute Gasteiger partial charge is 0.128 e. The summed E-state index contributed by atoms with van der Waals surface area (Å²) in [4.78, 5) is 12.5. The average Bonchev–Trinajstić information content (AvgIpc) is 3.05. The molecule has 0 aliphatic carbocycles. The first kappa shape index (κ1) is 12.6. The summed E-state index contributed by atoms with van der Waals surface area (Å²) < 4.78 is 1.03. The van der Waals surface area contributed by atoms with Crippen LogP contribution in [0.15, 0.2) is 40.8 Å². The molecule has 4 rings (SSSR count). The van der Waals surface area contributed by atoms with Gasteiger partial charge in [-0.15, -0.1) is 5.53 Å². The van der Waals surface area contributed by atoms with Crippen LogP contribution in [0.5, 0.6) is 0 Å². The van der Waals surface area contributed by atoms with Gasteiger partial charge in [-0.3, -0.25) is 9.99 Å². The van der Waals surface area contributed by atoms with Crippen molar-refractivity contribution in [2.24, 2.45) is 0 Å². The molecule has 21 heavy (non-hydrogen) atoms. The first-order valence-electron chi connectivity index (χ1n) is 6.58. The van der Waals surface area contributed by atoms with E-state index in [9.17, 15) is 0 Å². The number of fused-ring (bicyclic) bond motifs is 3. The molecule has 3 heterocycles. The molecule has 0 unspecified atom stereocenters. The largest absolute Gasteiger partial charge is 0.339 e. The van der Waals surface area contributed by atoms with Crippen molar-refractivity contribution in [3.8, 4) is 0 Å². The predicted octanol–water partition coefficient (Wildman–Crippen LogP) is 2.56. The van der Waals surface area contributed by atoms with Crippen molar-refractivity contribution in [2.75, 3.05) is 0 Å². The highest BCUT2D eigenvalue weighted by molar-refractivity contribution is 9.10. The van der Waals surface area contributed by atoms with Crippen molar-refractivity contribution in [3.63, 3.8) is 0 Å². The van der Waals surface area contributed by atoms with Crippen LogP contribution in [0.1, 0.15) is 12.7 Å². The van der Waals surface area contributed by atoms with Gasteiger partial charge in [-0.1, -0.05) is 15.9 Å². The molecular formula is C14H13BrN6. The molecule has 0 saturated heterocycles. The predicted molar refractivity (Wildman–Crippen MR) is 84.7 cm³/mol. The van der Waals surface area contributed by atoms with Gasteiger partial charge >= 0.3 is 0 Å². The summed E-state index contributed by atoms with van der Waals surface area (Å²) in [7, 11) is 0. The molecule has 3 N–H and O–H groups in total. The van der Waals surface area contributed by atoms with E-state index in [-0.39, 0.29) is 0 Å². The van der Waals surface area contributed by atoms with Gasteiger partial charge in [0.05, 0.1) is 29.3 Å². The molecule has 1 aromatic carbocycles. The zero-order valence-corrected chi connectivity index (χ0v) is 12.9. The van der Waals surface area contributed by atoms with Gasteiger partial charge in [0.25, 0.3) is 0 Å². The fourth-order valence-corrected chi connectivity index (χ4v) is 2.82. The Labute approximate surface area is 129 Å². The topological polar surface area (TPSA) is 68.9 Å². The molecule has 0 saturated carbocycles. The fourth-order valence-electron chi connectivity index (χ4n) is 2.46. The number of pyridine rings is 1. The van der Waals surface area contributed by atoms with Gasteiger partial charge < -0.3 is 10.4 Å². The summed E-state index contributed by atoms with van der Waals surface area (Å²) in [6.07, 6.45) is 3.83. The number of hydrogen-bond acceptors (Lipinski definition) is 5. The second-order valence-electron chi connectivity index (χ2n) is 5.04. The van der Waals surface area contributed by atoms with E-state index >= 15 is 0 Å². The van der Waals surface area contributed by atoms with Crippen LogP contribution in [0.25, 0.3) is 21.9 Å². The molecule has 1 aliphatic heterocycles. The zero-order valence-electron chi connectivity index (χ0n) is 11.3. The van der Waals surface area contributed by atoms with Crippen molar-refractivity contribution in [3.05, 3.63) is 46.6 Å². The number of benzene rings is 1. The summed E-state index contributed by atoms with van der Waals surface area (Å²) in [5.74, 6) is 0.888. The monoisotopic (exact) mass is 344 g/mol. The molecule has 1 aliphatic rings. The number of halogens is 1. The average molecular weight is 345 g/mol. The molecule has 0 atom stereocenters. The molecule has 0 spiro atoms. The highest BCUT2D eigenvalue weighted by Gasteiger charge is 2.12. The second-order valence-corrected chi connectivity index (χ2v) is 5.96. The third kappa shape index (κ3) is 2.24. The summed E-state index contributed by atoms with van der Waals surface area (Å²) >= 11 is 3.50. The van der Waals surface area contributed by atoms with Gasteiger partial charge in [-0.25, -0.2) is 4.98 Å². The number of nitrogens with one attached hydrogen (secondary N) is 3. The lowest BCUT2D eigenvalue weighted by molar-refractivity contribution is 0.258. The van der Waals surface area contributed by atoms with Gasteiger partial charge in [0.15, 0.2) is 0 Å². The van der Waals surface area contributed by atoms with Crippen molar-refractivity contribution >= 4 is 37.9 Å². The van der Waals surface area contributed by atoms with Crippen LogP contribution in [0, 0.1) is 0 Å². The number of hydrogen-bond donors (Lipinski definition) is 3. The molecule has 6 nitrogen and oxygen atoms in total. The van der Waals surface area contributed by atoms with E-state index in [4.69, 9.17) is 4.98 Å². The van der Waals surface area contributed by atoms with Gasteiger partial charge in [0.1, 0.15) is 5.82 Å². The Morgan fingerprint density at radius 1 is 1.33 bits per heavy atom. The Morgan fingerprint density at radius 3 is 3.05 bits per heavy atom.